The van der Waals surface area contributed by atoms with Gasteiger partial charge in [0.2, 0.25) is 5.95 Å². The van der Waals surface area contributed by atoms with Crippen molar-refractivity contribution >= 4 is 17.0 Å². The molecular weight excluding hydrogens is 272 g/mol. The number of nitrogens with zero attached hydrogens (tertiary/aromatic N) is 9. The minimum atomic E-state index is 0.0603. The molecule has 10 heteroatoms. The van der Waals surface area contributed by atoms with Crippen molar-refractivity contribution in [3.8, 4) is 11.9 Å². The maximum Gasteiger partial charge on any atom is 0.259 e. The number of hydrogen-bond acceptors (Lipinski definition) is 8. The van der Waals surface area contributed by atoms with Crippen molar-refractivity contribution in [3.05, 3.63) is 36.9 Å². The molecule has 4 aromatic rings. The summed E-state index contributed by atoms with van der Waals surface area (Å²) in [5.74, 6) is 0.585. The zero-order chi connectivity index (χ0) is 14.2. The number of anilines is 1. The summed E-state index contributed by atoms with van der Waals surface area (Å²) in [6.07, 6.45) is 2.85. The smallest absolute Gasteiger partial charge is 0.259 e. The first-order valence-electron chi connectivity index (χ1n) is 5.98. The normalized spacial score (nSPS) is 11.0. The van der Waals surface area contributed by atoms with Gasteiger partial charge >= 0.3 is 0 Å². The molecule has 0 saturated carbocycles. The molecule has 2 N–H and O–H groups in total. The summed E-state index contributed by atoms with van der Waals surface area (Å²) < 4.78 is 2.88. The Morgan fingerprint density at radius 2 is 1.86 bits per heavy atom. The number of nitrogens with two attached hydrogens (primary N) is 1. The summed E-state index contributed by atoms with van der Waals surface area (Å²) in [5.41, 5.74) is 7.24. The molecule has 0 aliphatic carbocycles. The van der Waals surface area contributed by atoms with Crippen LogP contribution in [0.15, 0.2) is 36.9 Å². The van der Waals surface area contributed by atoms with Gasteiger partial charge in [-0.15, -0.1) is 5.10 Å². The molecule has 4 rings (SSSR count). The monoisotopic (exact) mass is 280 g/mol. The molecule has 0 fully saturated rings. The first-order chi connectivity index (χ1) is 10.3. The minimum absolute atomic E-state index is 0.0603. The number of para-hydroxylation sites is 1. The van der Waals surface area contributed by atoms with Crippen LogP contribution in [0, 0.1) is 0 Å². The Hall–Kier alpha value is -3.43. The van der Waals surface area contributed by atoms with Gasteiger partial charge in [0.25, 0.3) is 11.9 Å². The highest BCUT2D eigenvalue weighted by molar-refractivity contribution is 5.75. The number of hydrogen-bond donors (Lipinski definition) is 1. The van der Waals surface area contributed by atoms with E-state index in [1.54, 1.807) is 0 Å². The molecule has 102 valence electrons. The number of rotatable bonds is 2. The van der Waals surface area contributed by atoms with Gasteiger partial charge in [0.15, 0.2) is 0 Å². The van der Waals surface area contributed by atoms with Crippen LogP contribution in [0.1, 0.15) is 0 Å². The molecule has 0 aliphatic heterocycles. The van der Waals surface area contributed by atoms with E-state index in [0.717, 1.165) is 11.0 Å². The van der Waals surface area contributed by atoms with Crippen molar-refractivity contribution in [2.24, 2.45) is 0 Å². The standard InChI is InChI=1S/C11H8N10/c12-9-15-10(20-6-13-5-14-20)17-11(16-9)21-8-4-2-1-3-7(8)18-19-21/h1-6H,(H2,12,15,16,17). The van der Waals surface area contributed by atoms with Gasteiger partial charge in [-0.2, -0.15) is 29.4 Å². The van der Waals surface area contributed by atoms with Gasteiger partial charge in [-0.3, -0.25) is 0 Å². The van der Waals surface area contributed by atoms with Crippen LogP contribution in [-0.4, -0.2) is 44.7 Å². The maximum absolute atomic E-state index is 5.73. The van der Waals surface area contributed by atoms with E-state index < -0.39 is 0 Å². The molecule has 0 unspecified atom stereocenters. The number of aromatic nitrogens is 9. The average molecular weight is 280 g/mol. The quantitative estimate of drug-likeness (QED) is 0.533. The highest BCUT2D eigenvalue weighted by Crippen LogP contribution is 2.14. The van der Waals surface area contributed by atoms with E-state index in [1.165, 1.54) is 22.0 Å². The topological polar surface area (TPSA) is 126 Å². The predicted molar refractivity (Wildman–Crippen MR) is 71.6 cm³/mol. The van der Waals surface area contributed by atoms with Crippen molar-refractivity contribution in [1.82, 2.24) is 44.7 Å². The average Bonchev–Trinajstić information content (AvgIpc) is 3.16. The second kappa shape index (κ2) is 4.30. The zero-order valence-electron chi connectivity index (χ0n) is 10.6. The SMILES string of the molecule is Nc1nc(-n2cncn2)nc(-n2nnc3ccccc32)n1. The molecule has 0 bridgehead atoms. The van der Waals surface area contributed by atoms with Gasteiger partial charge in [-0.05, 0) is 12.1 Å². The van der Waals surface area contributed by atoms with Crippen LogP contribution in [-0.2, 0) is 0 Å². The van der Waals surface area contributed by atoms with Crippen LogP contribution in [0.5, 0.6) is 0 Å². The van der Waals surface area contributed by atoms with Crippen molar-refractivity contribution in [2.75, 3.05) is 5.73 Å². The van der Waals surface area contributed by atoms with E-state index in [9.17, 15) is 0 Å². The Labute approximate surface area is 117 Å². The number of fused-ring (bicyclic) bond motifs is 1. The van der Waals surface area contributed by atoms with E-state index in [-0.39, 0.29) is 17.8 Å². The Balaban J connectivity index is 1.93. The van der Waals surface area contributed by atoms with Crippen LogP contribution in [0.25, 0.3) is 22.9 Å². The van der Waals surface area contributed by atoms with E-state index in [1.807, 2.05) is 24.3 Å². The minimum Gasteiger partial charge on any atom is -0.368 e. The summed E-state index contributed by atoms with van der Waals surface area (Å²) in [4.78, 5) is 16.2. The second-order valence-corrected chi connectivity index (χ2v) is 4.12. The summed E-state index contributed by atoms with van der Waals surface area (Å²) >= 11 is 0. The van der Waals surface area contributed by atoms with Crippen molar-refractivity contribution in [2.45, 2.75) is 0 Å². The Morgan fingerprint density at radius 3 is 2.71 bits per heavy atom. The lowest BCUT2D eigenvalue weighted by atomic mass is 10.3. The van der Waals surface area contributed by atoms with Crippen LogP contribution in [0.3, 0.4) is 0 Å². The van der Waals surface area contributed by atoms with Crippen molar-refractivity contribution < 1.29 is 0 Å². The molecule has 0 atom stereocenters. The molecule has 3 heterocycles. The van der Waals surface area contributed by atoms with Crippen molar-refractivity contribution in [3.63, 3.8) is 0 Å². The fraction of sp³-hybridized carbons (Fsp3) is 0. The Morgan fingerprint density at radius 1 is 1.00 bits per heavy atom. The molecular formula is C11H8N10. The van der Waals surface area contributed by atoms with E-state index >= 15 is 0 Å². The second-order valence-electron chi connectivity index (χ2n) is 4.12. The third-order valence-corrected chi connectivity index (χ3v) is 2.79. The Bertz CT molecular complexity index is 910. The molecule has 10 nitrogen and oxygen atoms in total. The van der Waals surface area contributed by atoms with Crippen LogP contribution in [0.2, 0.25) is 0 Å². The molecule has 0 amide bonds. The van der Waals surface area contributed by atoms with Gasteiger partial charge in [0.05, 0.1) is 5.52 Å². The Kier molecular flexibility index (Phi) is 2.33. The third-order valence-electron chi connectivity index (χ3n) is 2.79. The predicted octanol–water partition coefficient (Wildman–Crippen LogP) is -0.232. The maximum atomic E-state index is 5.73. The lowest BCUT2D eigenvalue weighted by Crippen LogP contribution is -2.12. The van der Waals surface area contributed by atoms with Gasteiger partial charge in [-0.25, -0.2) is 4.98 Å². The summed E-state index contributed by atoms with van der Waals surface area (Å²) in [7, 11) is 0. The molecule has 0 saturated heterocycles. The highest BCUT2D eigenvalue weighted by Gasteiger charge is 2.12. The lowest BCUT2D eigenvalue weighted by molar-refractivity contribution is 0.735. The summed E-state index contributed by atoms with van der Waals surface area (Å²) in [6.45, 7) is 0. The lowest BCUT2D eigenvalue weighted by Gasteiger charge is -2.04. The molecule has 1 aromatic carbocycles. The van der Waals surface area contributed by atoms with Gasteiger partial charge in [0.1, 0.15) is 18.2 Å². The van der Waals surface area contributed by atoms with Crippen molar-refractivity contribution in [1.29, 1.82) is 0 Å². The van der Waals surface area contributed by atoms with E-state index in [4.69, 9.17) is 5.73 Å². The van der Waals surface area contributed by atoms with Gasteiger partial charge in [-0.1, -0.05) is 17.3 Å². The molecule has 0 aliphatic rings. The fourth-order valence-corrected chi connectivity index (χ4v) is 1.89. The van der Waals surface area contributed by atoms with Gasteiger partial charge in [0, 0.05) is 0 Å². The van der Waals surface area contributed by atoms with E-state index in [0.29, 0.717) is 0 Å². The number of nitrogen functional groups attached to an aromatic ring is 1. The number of benzene rings is 1. The molecule has 3 aromatic heterocycles. The first kappa shape index (κ1) is 11.4. The van der Waals surface area contributed by atoms with Crippen LogP contribution in [0.4, 0.5) is 5.95 Å². The summed E-state index contributed by atoms with van der Waals surface area (Å²) in [5, 5.41) is 12.1. The van der Waals surface area contributed by atoms with Gasteiger partial charge < -0.3 is 5.73 Å². The molecule has 0 radical (unpaired) electrons. The van der Waals surface area contributed by atoms with Crippen LogP contribution < -0.4 is 5.73 Å². The highest BCUT2D eigenvalue weighted by atomic mass is 15.5. The first-order valence-corrected chi connectivity index (χ1v) is 5.98. The molecule has 21 heavy (non-hydrogen) atoms. The molecule has 0 spiro atoms. The summed E-state index contributed by atoms with van der Waals surface area (Å²) in [6, 6.07) is 7.47. The zero-order valence-corrected chi connectivity index (χ0v) is 10.6. The largest absolute Gasteiger partial charge is 0.368 e. The third kappa shape index (κ3) is 1.85. The fourth-order valence-electron chi connectivity index (χ4n) is 1.89. The van der Waals surface area contributed by atoms with E-state index in [2.05, 4.69) is 35.3 Å². The van der Waals surface area contributed by atoms with Crippen LogP contribution >= 0.6 is 0 Å².